The van der Waals surface area contributed by atoms with Crippen LogP contribution in [0, 0.1) is 17.8 Å². The fourth-order valence-corrected chi connectivity index (χ4v) is 2.78. The third-order valence-corrected chi connectivity index (χ3v) is 3.74. The Morgan fingerprint density at radius 2 is 1.89 bits per heavy atom. The Balaban J connectivity index is 2.43. The number of hydrogen-bond donors (Lipinski definition) is 0. The van der Waals surface area contributed by atoms with Gasteiger partial charge in [0.2, 0.25) is 0 Å². The molecule has 3 atom stereocenters. The Labute approximate surface area is 111 Å². The maximum atomic E-state index is 11.5. The zero-order valence-corrected chi connectivity index (χ0v) is 12.4. The Hall–Kier alpha value is -0.570. The lowest BCUT2D eigenvalue weighted by Crippen LogP contribution is -2.36. The van der Waals surface area contributed by atoms with Gasteiger partial charge in [0, 0.05) is 0 Å². The molecule has 18 heavy (non-hydrogen) atoms. The molecule has 0 bridgehead atoms. The molecule has 0 aliphatic heterocycles. The van der Waals surface area contributed by atoms with Crippen LogP contribution in [0.25, 0.3) is 0 Å². The van der Waals surface area contributed by atoms with Gasteiger partial charge in [-0.25, -0.2) is 4.79 Å². The normalized spacial score (nSPS) is 28.7. The van der Waals surface area contributed by atoms with Gasteiger partial charge >= 0.3 is 5.97 Å². The lowest BCUT2D eigenvalue weighted by molar-refractivity contribution is -0.158. The molecule has 0 amide bonds. The summed E-state index contributed by atoms with van der Waals surface area (Å²) in [6.45, 7) is 10.6. The Morgan fingerprint density at radius 1 is 1.22 bits per heavy atom. The quantitative estimate of drug-likeness (QED) is 0.707. The van der Waals surface area contributed by atoms with Crippen LogP contribution >= 0.6 is 0 Å². The van der Waals surface area contributed by atoms with E-state index in [0.717, 1.165) is 6.42 Å². The highest BCUT2D eigenvalue weighted by molar-refractivity contribution is 5.70. The van der Waals surface area contributed by atoms with Gasteiger partial charge in [-0.1, -0.05) is 27.2 Å². The molecule has 1 fully saturated rings. The van der Waals surface area contributed by atoms with Crippen LogP contribution in [0.2, 0.25) is 0 Å². The molecular formula is C15H28O3. The molecule has 1 rings (SSSR count). The van der Waals surface area contributed by atoms with E-state index in [1.807, 2.05) is 13.8 Å². The van der Waals surface area contributed by atoms with Crippen molar-refractivity contribution in [1.29, 1.82) is 0 Å². The average molecular weight is 256 g/mol. The third kappa shape index (κ3) is 4.97. The van der Waals surface area contributed by atoms with E-state index in [4.69, 9.17) is 9.47 Å². The second-order valence-electron chi connectivity index (χ2n) is 6.21. The van der Waals surface area contributed by atoms with Crippen molar-refractivity contribution < 1.29 is 14.3 Å². The molecule has 0 spiro atoms. The molecule has 0 aromatic heterocycles. The van der Waals surface area contributed by atoms with E-state index in [9.17, 15) is 4.79 Å². The summed E-state index contributed by atoms with van der Waals surface area (Å²) in [6, 6.07) is 0. The van der Waals surface area contributed by atoms with Crippen molar-refractivity contribution in [2.45, 2.75) is 66.1 Å². The molecule has 1 aliphatic carbocycles. The first-order valence-corrected chi connectivity index (χ1v) is 7.21. The summed E-state index contributed by atoms with van der Waals surface area (Å²) in [7, 11) is 0. The van der Waals surface area contributed by atoms with E-state index in [-0.39, 0.29) is 24.8 Å². The van der Waals surface area contributed by atoms with Gasteiger partial charge in [0.25, 0.3) is 0 Å². The van der Waals surface area contributed by atoms with E-state index >= 15 is 0 Å². The maximum absolute atomic E-state index is 11.5. The van der Waals surface area contributed by atoms with Gasteiger partial charge in [0.05, 0.1) is 12.2 Å². The number of esters is 1. The van der Waals surface area contributed by atoms with Gasteiger partial charge in [-0.2, -0.15) is 0 Å². The first-order valence-electron chi connectivity index (χ1n) is 7.21. The summed E-state index contributed by atoms with van der Waals surface area (Å²) in [5, 5.41) is 0. The van der Waals surface area contributed by atoms with Gasteiger partial charge < -0.3 is 9.47 Å². The van der Waals surface area contributed by atoms with Gasteiger partial charge in [-0.3, -0.25) is 0 Å². The fraction of sp³-hybridized carbons (Fsp3) is 0.933. The first kappa shape index (κ1) is 15.5. The number of carbonyl (C=O) groups is 1. The van der Waals surface area contributed by atoms with E-state index in [2.05, 4.69) is 20.8 Å². The van der Waals surface area contributed by atoms with Crippen LogP contribution < -0.4 is 0 Å². The second kappa shape index (κ2) is 7.13. The Kier molecular flexibility index (Phi) is 6.13. The van der Waals surface area contributed by atoms with Crippen molar-refractivity contribution in [3.05, 3.63) is 0 Å². The van der Waals surface area contributed by atoms with Gasteiger partial charge in [0.1, 0.15) is 6.61 Å². The fourth-order valence-electron chi connectivity index (χ4n) is 2.78. The third-order valence-electron chi connectivity index (χ3n) is 3.74. The molecule has 1 saturated carbocycles. The van der Waals surface area contributed by atoms with Crippen LogP contribution in [-0.2, 0) is 14.3 Å². The molecule has 0 aromatic carbocycles. The predicted molar refractivity (Wildman–Crippen MR) is 72.3 cm³/mol. The molecule has 3 nitrogen and oxygen atoms in total. The number of hydrogen-bond acceptors (Lipinski definition) is 3. The molecule has 3 unspecified atom stereocenters. The smallest absolute Gasteiger partial charge is 0.332 e. The number of ether oxygens (including phenoxy) is 2. The van der Waals surface area contributed by atoms with E-state index in [1.54, 1.807) is 0 Å². The number of carbonyl (C=O) groups excluding carboxylic acids is 1. The highest BCUT2D eigenvalue weighted by Gasteiger charge is 2.31. The van der Waals surface area contributed by atoms with Crippen molar-refractivity contribution in [2.24, 2.45) is 17.8 Å². The summed E-state index contributed by atoms with van der Waals surface area (Å²) in [5.74, 6) is 1.65. The van der Waals surface area contributed by atoms with Crippen LogP contribution in [0.1, 0.15) is 53.9 Å². The van der Waals surface area contributed by atoms with Crippen molar-refractivity contribution in [3.63, 3.8) is 0 Å². The summed E-state index contributed by atoms with van der Waals surface area (Å²) in [6.07, 6.45) is 3.71. The van der Waals surface area contributed by atoms with Gasteiger partial charge in [0.15, 0.2) is 0 Å². The maximum Gasteiger partial charge on any atom is 0.332 e. The molecule has 0 N–H and O–H groups in total. The Bertz CT molecular complexity index is 260. The predicted octanol–water partition coefficient (Wildman–Crippen LogP) is 3.42. The zero-order valence-electron chi connectivity index (χ0n) is 12.4. The lowest BCUT2D eigenvalue weighted by atomic mass is 9.75. The standard InChI is InChI=1S/C15H28O3/c1-10(2)13-7-6-12(5)8-14(13)17-9-15(16)18-11(3)4/h10-14H,6-9H2,1-5H3. The molecule has 1 aliphatic rings. The zero-order chi connectivity index (χ0) is 13.7. The van der Waals surface area contributed by atoms with E-state index in [0.29, 0.717) is 17.8 Å². The topological polar surface area (TPSA) is 35.5 Å². The molecule has 0 radical (unpaired) electrons. The van der Waals surface area contributed by atoms with Crippen molar-refractivity contribution >= 4 is 5.97 Å². The highest BCUT2D eigenvalue weighted by atomic mass is 16.6. The minimum atomic E-state index is -0.245. The van der Waals surface area contributed by atoms with Gasteiger partial charge in [-0.05, 0) is 44.4 Å². The summed E-state index contributed by atoms with van der Waals surface area (Å²) in [4.78, 5) is 11.5. The number of rotatable bonds is 5. The Morgan fingerprint density at radius 3 is 2.44 bits per heavy atom. The monoisotopic (exact) mass is 256 g/mol. The molecule has 106 valence electrons. The first-order chi connectivity index (χ1) is 8.40. The molecule has 3 heteroatoms. The summed E-state index contributed by atoms with van der Waals surface area (Å²) >= 11 is 0. The van der Waals surface area contributed by atoms with Gasteiger partial charge in [-0.15, -0.1) is 0 Å². The van der Waals surface area contributed by atoms with Crippen molar-refractivity contribution in [1.82, 2.24) is 0 Å². The molecule has 0 aromatic rings. The second-order valence-corrected chi connectivity index (χ2v) is 6.21. The SMILES string of the molecule is CC1CCC(C(C)C)C(OCC(=O)OC(C)C)C1. The van der Waals surface area contributed by atoms with Crippen LogP contribution in [0.5, 0.6) is 0 Å². The van der Waals surface area contributed by atoms with E-state index < -0.39 is 0 Å². The minimum absolute atomic E-state index is 0.0627. The van der Waals surface area contributed by atoms with E-state index in [1.165, 1.54) is 12.8 Å². The molecule has 0 heterocycles. The minimum Gasteiger partial charge on any atom is -0.461 e. The van der Waals surface area contributed by atoms with Crippen molar-refractivity contribution in [2.75, 3.05) is 6.61 Å². The van der Waals surface area contributed by atoms with Crippen LogP contribution in [0.4, 0.5) is 0 Å². The molecular weight excluding hydrogens is 228 g/mol. The largest absolute Gasteiger partial charge is 0.461 e. The average Bonchev–Trinajstić information content (AvgIpc) is 2.25. The summed E-state index contributed by atoms with van der Waals surface area (Å²) in [5.41, 5.74) is 0. The lowest BCUT2D eigenvalue weighted by Gasteiger charge is -2.36. The van der Waals surface area contributed by atoms with Crippen LogP contribution in [-0.4, -0.2) is 24.8 Å². The van der Waals surface area contributed by atoms with Crippen LogP contribution in [0.15, 0.2) is 0 Å². The highest BCUT2D eigenvalue weighted by Crippen LogP contribution is 2.35. The van der Waals surface area contributed by atoms with Crippen LogP contribution in [0.3, 0.4) is 0 Å². The molecule has 0 saturated heterocycles. The summed E-state index contributed by atoms with van der Waals surface area (Å²) < 4.78 is 10.9. The van der Waals surface area contributed by atoms with Crippen molar-refractivity contribution in [3.8, 4) is 0 Å².